The second-order valence-electron chi connectivity index (χ2n) is 6.82. The summed E-state index contributed by atoms with van der Waals surface area (Å²) in [4.78, 5) is 0. The van der Waals surface area contributed by atoms with E-state index in [-0.39, 0.29) is 11.3 Å². The predicted molar refractivity (Wildman–Crippen MR) is 90.9 cm³/mol. The van der Waals surface area contributed by atoms with Gasteiger partial charge in [0.15, 0.2) is 11.6 Å². The molecule has 4 nitrogen and oxygen atoms in total. The number of hydrogen-bond donors (Lipinski definition) is 1. The first kappa shape index (κ1) is 18.9. The Hall–Kier alpha value is -1.44. The third kappa shape index (κ3) is 3.48. The Bertz CT molecular complexity index is 631. The lowest BCUT2D eigenvalue weighted by atomic mass is 9.77. The van der Waals surface area contributed by atoms with Gasteiger partial charge in [-0.25, -0.2) is 4.39 Å². The molecule has 1 aliphatic heterocycles. The largest absolute Gasteiger partial charge is 0.494 e. The number of rotatable bonds is 5. The van der Waals surface area contributed by atoms with Gasteiger partial charge in [0.1, 0.15) is 0 Å². The molecule has 0 atom stereocenters. The first-order valence-corrected chi connectivity index (χ1v) is 7.85. The van der Waals surface area contributed by atoms with Crippen LogP contribution in [0, 0.1) is 11.6 Å². The molecule has 0 spiro atoms. The lowest BCUT2D eigenvalue weighted by Gasteiger charge is -2.32. The van der Waals surface area contributed by atoms with Crippen molar-refractivity contribution in [2.45, 2.75) is 38.9 Å². The maximum Gasteiger partial charge on any atom is 0.491 e. The van der Waals surface area contributed by atoms with Crippen LogP contribution < -0.4 is 10.1 Å². The van der Waals surface area contributed by atoms with Gasteiger partial charge in [-0.2, -0.15) is 4.39 Å². The maximum atomic E-state index is 14.2. The highest BCUT2D eigenvalue weighted by Gasteiger charge is 2.52. The maximum absolute atomic E-state index is 14.2. The van der Waals surface area contributed by atoms with Crippen molar-refractivity contribution in [3.8, 4) is 5.75 Å². The second kappa shape index (κ2) is 6.82. The van der Waals surface area contributed by atoms with E-state index >= 15 is 0 Å². The van der Waals surface area contributed by atoms with Gasteiger partial charge in [0, 0.05) is 12.1 Å². The average Bonchev–Trinajstić information content (AvgIpc) is 2.71. The minimum Gasteiger partial charge on any atom is -0.494 e. The Kier molecular flexibility index (Phi) is 5.37. The molecule has 0 unspecified atom stereocenters. The number of methoxy groups -OCH3 is 1. The normalized spacial score (nSPS) is 19.7. The van der Waals surface area contributed by atoms with E-state index in [1.165, 1.54) is 19.2 Å². The van der Waals surface area contributed by atoms with Crippen molar-refractivity contribution in [1.29, 1.82) is 0 Å². The zero-order valence-electron chi connectivity index (χ0n) is 15.0. The quantitative estimate of drug-likeness (QED) is 0.837. The molecule has 0 radical (unpaired) electrons. The van der Waals surface area contributed by atoms with Crippen LogP contribution in [0.5, 0.6) is 5.75 Å². The summed E-state index contributed by atoms with van der Waals surface area (Å²) in [6.45, 7) is 8.19. The molecule has 1 aliphatic rings. The molecule has 1 saturated heterocycles. The van der Waals surface area contributed by atoms with E-state index in [1.54, 1.807) is 13.1 Å². The van der Waals surface area contributed by atoms with Gasteiger partial charge in [-0.15, -0.1) is 0 Å². The molecule has 0 aliphatic carbocycles. The van der Waals surface area contributed by atoms with Gasteiger partial charge in [0.2, 0.25) is 5.82 Å². The first-order valence-electron chi connectivity index (χ1n) is 7.85. The molecule has 24 heavy (non-hydrogen) atoms. The van der Waals surface area contributed by atoms with Crippen molar-refractivity contribution in [2.24, 2.45) is 0 Å². The number of hydrogen-bond acceptors (Lipinski definition) is 4. The summed E-state index contributed by atoms with van der Waals surface area (Å²) >= 11 is 0. The lowest BCUT2D eigenvalue weighted by Crippen LogP contribution is -2.41. The third-order valence-electron chi connectivity index (χ3n) is 4.57. The number of benzene rings is 1. The zero-order chi connectivity index (χ0) is 18.1. The minimum absolute atomic E-state index is 0.119. The molecule has 1 N–H and O–H groups in total. The predicted octanol–water partition coefficient (Wildman–Crippen LogP) is 3.21. The Balaban J connectivity index is 2.39. The van der Waals surface area contributed by atoms with Gasteiger partial charge >= 0.3 is 7.12 Å². The Morgan fingerprint density at radius 1 is 1.17 bits per heavy atom. The topological polar surface area (TPSA) is 39.7 Å². The summed E-state index contributed by atoms with van der Waals surface area (Å²) in [5.74, 6) is -2.10. The SMILES string of the molecule is CNCC(=Cc1ccc(OC)c(F)c1F)B1OC(C)(C)C(C)(C)O1. The molecule has 1 aromatic carbocycles. The molecule has 0 bridgehead atoms. The molecule has 1 aromatic rings. The molecular weight excluding hydrogens is 315 g/mol. The molecule has 0 aromatic heterocycles. The molecule has 2 rings (SSSR count). The first-order chi connectivity index (χ1) is 11.1. The molecular formula is C17H24BF2NO3. The Morgan fingerprint density at radius 2 is 1.75 bits per heavy atom. The van der Waals surface area contributed by atoms with Crippen molar-refractivity contribution in [3.05, 3.63) is 34.8 Å². The molecule has 0 saturated carbocycles. The Morgan fingerprint density at radius 3 is 2.25 bits per heavy atom. The molecule has 1 fully saturated rings. The van der Waals surface area contributed by atoms with E-state index in [9.17, 15) is 8.78 Å². The number of nitrogens with one attached hydrogen (secondary N) is 1. The summed E-state index contributed by atoms with van der Waals surface area (Å²) < 4.78 is 44.9. The Labute approximate surface area is 142 Å². The minimum atomic E-state index is -1.01. The molecule has 7 heteroatoms. The van der Waals surface area contributed by atoms with Gasteiger partial charge in [0.25, 0.3) is 0 Å². The summed E-state index contributed by atoms with van der Waals surface area (Å²) in [7, 11) is 2.43. The molecule has 1 heterocycles. The van der Waals surface area contributed by atoms with Gasteiger partial charge in [-0.3, -0.25) is 0 Å². The third-order valence-corrected chi connectivity index (χ3v) is 4.57. The fourth-order valence-corrected chi connectivity index (χ4v) is 2.42. The zero-order valence-corrected chi connectivity index (χ0v) is 15.0. The van der Waals surface area contributed by atoms with E-state index < -0.39 is 30.0 Å². The highest BCUT2D eigenvalue weighted by atomic mass is 19.2. The average molecular weight is 339 g/mol. The highest BCUT2D eigenvalue weighted by Crippen LogP contribution is 2.39. The number of ether oxygens (including phenoxy) is 1. The summed E-state index contributed by atoms with van der Waals surface area (Å²) in [5.41, 5.74) is -0.213. The smallest absolute Gasteiger partial charge is 0.491 e. The van der Waals surface area contributed by atoms with E-state index in [0.717, 1.165) is 0 Å². The summed E-state index contributed by atoms with van der Waals surface area (Å²) in [6.07, 6.45) is 1.55. The number of halogens is 2. The van der Waals surface area contributed by atoms with Crippen LogP contribution in [-0.4, -0.2) is 39.0 Å². The van der Waals surface area contributed by atoms with E-state index in [0.29, 0.717) is 12.0 Å². The van der Waals surface area contributed by atoms with Gasteiger partial charge in [0.05, 0.1) is 18.3 Å². The van der Waals surface area contributed by atoms with Crippen LogP contribution in [0.25, 0.3) is 6.08 Å². The van der Waals surface area contributed by atoms with Crippen LogP contribution in [0.3, 0.4) is 0 Å². The van der Waals surface area contributed by atoms with Crippen LogP contribution in [0.1, 0.15) is 33.3 Å². The van der Waals surface area contributed by atoms with Crippen molar-refractivity contribution >= 4 is 13.2 Å². The summed E-state index contributed by atoms with van der Waals surface area (Å²) in [6, 6.07) is 2.86. The van der Waals surface area contributed by atoms with Crippen LogP contribution in [0.2, 0.25) is 0 Å². The monoisotopic (exact) mass is 339 g/mol. The standard InChI is InChI=1S/C17H24BF2NO3/c1-16(2)17(3,4)24-18(23-16)12(10-21-5)9-11-7-8-13(22-6)15(20)14(11)19/h7-9,21H,10H2,1-6H3. The fourth-order valence-electron chi connectivity index (χ4n) is 2.42. The lowest BCUT2D eigenvalue weighted by molar-refractivity contribution is 0.00578. The molecule has 132 valence electrons. The van der Waals surface area contributed by atoms with Crippen molar-refractivity contribution < 1.29 is 22.8 Å². The molecule has 0 amide bonds. The van der Waals surface area contributed by atoms with Crippen LogP contribution >= 0.6 is 0 Å². The van der Waals surface area contributed by atoms with E-state index in [4.69, 9.17) is 14.0 Å². The van der Waals surface area contributed by atoms with Crippen LogP contribution in [-0.2, 0) is 9.31 Å². The van der Waals surface area contributed by atoms with E-state index in [1.807, 2.05) is 27.7 Å². The highest BCUT2D eigenvalue weighted by molar-refractivity contribution is 6.55. The van der Waals surface area contributed by atoms with E-state index in [2.05, 4.69) is 5.32 Å². The van der Waals surface area contributed by atoms with Crippen LogP contribution in [0.4, 0.5) is 8.78 Å². The second-order valence-corrected chi connectivity index (χ2v) is 6.82. The van der Waals surface area contributed by atoms with Gasteiger partial charge < -0.3 is 19.4 Å². The number of likely N-dealkylation sites (N-methyl/N-ethyl adjacent to an activating group) is 1. The van der Waals surface area contributed by atoms with Crippen molar-refractivity contribution in [3.63, 3.8) is 0 Å². The van der Waals surface area contributed by atoms with Gasteiger partial charge in [-0.05, 0) is 52.3 Å². The van der Waals surface area contributed by atoms with Gasteiger partial charge in [-0.1, -0.05) is 6.08 Å². The van der Waals surface area contributed by atoms with Crippen LogP contribution in [0.15, 0.2) is 17.6 Å². The fraction of sp³-hybridized carbons (Fsp3) is 0.529. The van der Waals surface area contributed by atoms with Crippen molar-refractivity contribution in [1.82, 2.24) is 5.32 Å². The summed E-state index contributed by atoms with van der Waals surface area (Å²) in [5, 5.41) is 3.01. The van der Waals surface area contributed by atoms with Crippen molar-refractivity contribution in [2.75, 3.05) is 20.7 Å².